The number of hydrogen-bond acceptors (Lipinski definition) is 5. The SMILES string of the molecule is NC(=O)[C@H]1CC[C@H]1N.O=C(N[C@@H]1CC[C@@H]1C(=O)O)OCc1ccccc1. The molecule has 3 rings (SSSR count). The van der Waals surface area contributed by atoms with E-state index in [1.165, 1.54) is 0 Å². The zero-order valence-corrected chi connectivity index (χ0v) is 14.5. The van der Waals surface area contributed by atoms with E-state index in [1.807, 2.05) is 30.3 Å². The molecule has 6 N–H and O–H groups in total. The van der Waals surface area contributed by atoms with Gasteiger partial charge in [0.05, 0.1) is 11.8 Å². The fraction of sp³-hybridized carbons (Fsp3) is 0.500. The summed E-state index contributed by atoms with van der Waals surface area (Å²) >= 11 is 0. The Morgan fingerprint density at radius 2 is 1.73 bits per heavy atom. The number of carbonyl (C=O) groups is 3. The molecule has 0 aromatic heterocycles. The Labute approximate surface area is 151 Å². The minimum absolute atomic E-state index is 0.0324. The highest BCUT2D eigenvalue weighted by Gasteiger charge is 2.37. The molecule has 2 aliphatic rings. The van der Waals surface area contributed by atoms with Gasteiger partial charge in [0, 0.05) is 12.1 Å². The van der Waals surface area contributed by atoms with Gasteiger partial charge < -0.3 is 26.6 Å². The van der Waals surface area contributed by atoms with E-state index < -0.39 is 18.0 Å². The summed E-state index contributed by atoms with van der Waals surface area (Å²) in [5.74, 6) is -1.62. The van der Waals surface area contributed by atoms with Crippen LogP contribution < -0.4 is 16.8 Å². The van der Waals surface area contributed by atoms with Gasteiger partial charge >= 0.3 is 12.1 Å². The number of ether oxygens (including phenoxy) is 1. The van der Waals surface area contributed by atoms with E-state index in [9.17, 15) is 14.4 Å². The van der Waals surface area contributed by atoms with E-state index in [-0.39, 0.29) is 30.5 Å². The van der Waals surface area contributed by atoms with Gasteiger partial charge in [0.1, 0.15) is 6.61 Å². The number of amides is 2. The van der Waals surface area contributed by atoms with Crippen LogP contribution in [0.25, 0.3) is 0 Å². The molecule has 4 atom stereocenters. The second-order valence-corrected chi connectivity index (χ2v) is 6.58. The van der Waals surface area contributed by atoms with Crippen LogP contribution in [0.4, 0.5) is 4.79 Å². The summed E-state index contributed by atoms with van der Waals surface area (Å²) in [6.45, 7) is 0.192. The lowest BCUT2D eigenvalue weighted by Crippen LogP contribution is -2.50. The van der Waals surface area contributed by atoms with Crippen molar-refractivity contribution < 1.29 is 24.2 Å². The second-order valence-electron chi connectivity index (χ2n) is 6.58. The summed E-state index contributed by atoms with van der Waals surface area (Å²) in [6.07, 6.45) is 2.58. The lowest BCUT2D eigenvalue weighted by atomic mass is 9.80. The van der Waals surface area contributed by atoms with Crippen LogP contribution in [0.5, 0.6) is 0 Å². The van der Waals surface area contributed by atoms with Crippen LogP contribution in [-0.2, 0) is 20.9 Å². The van der Waals surface area contributed by atoms with Gasteiger partial charge in [-0.1, -0.05) is 30.3 Å². The first-order valence-corrected chi connectivity index (χ1v) is 8.63. The number of alkyl carbamates (subject to hydrolysis) is 1. The van der Waals surface area contributed by atoms with Crippen molar-refractivity contribution in [3.63, 3.8) is 0 Å². The lowest BCUT2D eigenvalue weighted by molar-refractivity contribution is -0.145. The van der Waals surface area contributed by atoms with Crippen molar-refractivity contribution in [2.45, 2.75) is 44.4 Å². The van der Waals surface area contributed by atoms with Crippen LogP contribution in [0.3, 0.4) is 0 Å². The normalized spacial score (nSPS) is 26.2. The van der Waals surface area contributed by atoms with Crippen molar-refractivity contribution in [3.8, 4) is 0 Å². The molecule has 142 valence electrons. The van der Waals surface area contributed by atoms with Crippen LogP contribution in [0, 0.1) is 11.8 Å². The van der Waals surface area contributed by atoms with Crippen LogP contribution in [0.1, 0.15) is 31.2 Å². The van der Waals surface area contributed by atoms with Crippen molar-refractivity contribution in [1.29, 1.82) is 0 Å². The largest absolute Gasteiger partial charge is 0.481 e. The van der Waals surface area contributed by atoms with E-state index in [0.717, 1.165) is 18.4 Å². The summed E-state index contributed by atoms with van der Waals surface area (Å²) < 4.78 is 5.02. The molecule has 26 heavy (non-hydrogen) atoms. The van der Waals surface area contributed by atoms with Crippen LogP contribution in [0.15, 0.2) is 30.3 Å². The van der Waals surface area contributed by atoms with Gasteiger partial charge in [-0.2, -0.15) is 0 Å². The molecular formula is C18H25N3O5. The van der Waals surface area contributed by atoms with Crippen molar-refractivity contribution in [2.75, 3.05) is 0 Å². The summed E-state index contributed by atoms with van der Waals surface area (Å²) in [5.41, 5.74) is 11.3. The second kappa shape index (κ2) is 9.19. The molecular weight excluding hydrogens is 338 g/mol. The molecule has 1 aromatic rings. The highest BCUT2D eigenvalue weighted by atomic mass is 16.5. The molecule has 0 spiro atoms. The molecule has 1 aromatic carbocycles. The molecule has 2 amide bonds. The number of nitrogens with two attached hydrogens (primary N) is 2. The molecule has 2 fully saturated rings. The Morgan fingerprint density at radius 3 is 2.12 bits per heavy atom. The van der Waals surface area contributed by atoms with Gasteiger partial charge in [-0.05, 0) is 31.2 Å². The predicted octanol–water partition coefficient (Wildman–Crippen LogP) is 0.985. The van der Waals surface area contributed by atoms with Gasteiger partial charge in [0.2, 0.25) is 5.91 Å². The third kappa shape index (κ3) is 5.45. The topological polar surface area (TPSA) is 145 Å². The Balaban J connectivity index is 0.000000254. The number of carboxylic acid groups (broad SMARTS) is 1. The first-order chi connectivity index (χ1) is 12.4. The minimum atomic E-state index is -0.866. The molecule has 0 aliphatic heterocycles. The molecule has 0 saturated heterocycles. The quantitative estimate of drug-likeness (QED) is 0.614. The molecule has 8 nitrogen and oxygen atoms in total. The summed E-state index contributed by atoms with van der Waals surface area (Å²) in [5, 5.41) is 11.4. The van der Waals surface area contributed by atoms with Gasteiger partial charge in [0.25, 0.3) is 0 Å². The van der Waals surface area contributed by atoms with Crippen molar-refractivity contribution >= 4 is 18.0 Å². The van der Waals surface area contributed by atoms with E-state index in [2.05, 4.69) is 5.32 Å². The highest BCUT2D eigenvalue weighted by molar-refractivity contribution is 5.78. The molecule has 0 heterocycles. The third-order valence-electron chi connectivity index (χ3n) is 4.80. The summed E-state index contributed by atoms with van der Waals surface area (Å²) in [7, 11) is 0. The maximum atomic E-state index is 11.5. The first-order valence-electron chi connectivity index (χ1n) is 8.63. The number of benzene rings is 1. The van der Waals surface area contributed by atoms with Crippen molar-refractivity contribution in [1.82, 2.24) is 5.32 Å². The maximum Gasteiger partial charge on any atom is 0.407 e. The van der Waals surface area contributed by atoms with Crippen LogP contribution >= 0.6 is 0 Å². The number of primary amides is 1. The standard InChI is InChI=1S/C13H15NO4.C5H10N2O/c15-12(16)10-6-7-11(10)14-13(17)18-8-9-4-2-1-3-5-9;6-4-2-1-3(4)5(7)8/h1-5,10-11H,6-8H2,(H,14,17)(H,15,16);3-4H,1-2,6H2,(H2,7,8)/t10-,11+;3-,4+/m00/s1. The zero-order valence-electron chi connectivity index (χ0n) is 14.5. The Hall–Kier alpha value is -2.61. The Bertz CT molecular complexity index is 637. The first kappa shape index (κ1) is 19.7. The summed E-state index contributed by atoms with van der Waals surface area (Å²) in [4.78, 5) is 32.6. The van der Waals surface area contributed by atoms with Gasteiger partial charge in [0.15, 0.2) is 0 Å². The van der Waals surface area contributed by atoms with Gasteiger partial charge in [-0.25, -0.2) is 4.79 Å². The average Bonchev–Trinajstić information content (AvgIpc) is 2.56. The van der Waals surface area contributed by atoms with Crippen molar-refractivity contribution in [2.24, 2.45) is 23.3 Å². The molecule has 2 aliphatic carbocycles. The number of carboxylic acids is 1. The number of rotatable bonds is 5. The molecule has 0 bridgehead atoms. The lowest BCUT2D eigenvalue weighted by Gasteiger charge is -2.33. The maximum absolute atomic E-state index is 11.5. The van der Waals surface area contributed by atoms with Crippen LogP contribution in [-0.4, -0.2) is 35.2 Å². The molecule has 0 unspecified atom stereocenters. The monoisotopic (exact) mass is 363 g/mol. The zero-order chi connectivity index (χ0) is 19.1. The number of nitrogens with one attached hydrogen (secondary N) is 1. The molecule has 2 saturated carbocycles. The van der Waals surface area contributed by atoms with Gasteiger partial charge in [-0.3, -0.25) is 9.59 Å². The Kier molecular flexibility index (Phi) is 6.97. The van der Waals surface area contributed by atoms with E-state index in [1.54, 1.807) is 0 Å². The highest BCUT2D eigenvalue weighted by Crippen LogP contribution is 2.27. The fourth-order valence-corrected chi connectivity index (χ4v) is 2.76. The third-order valence-corrected chi connectivity index (χ3v) is 4.80. The number of hydrogen-bond donors (Lipinski definition) is 4. The Morgan fingerprint density at radius 1 is 1.08 bits per heavy atom. The predicted molar refractivity (Wildman–Crippen MR) is 93.8 cm³/mol. The van der Waals surface area contributed by atoms with E-state index in [4.69, 9.17) is 21.3 Å². The molecule has 8 heteroatoms. The summed E-state index contributed by atoms with van der Waals surface area (Å²) in [6, 6.07) is 9.08. The van der Waals surface area contributed by atoms with E-state index >= 15 is 0 Å². The van der Waals surface area contributed by atoms with E-state index in [0.29, 0.717) is 12.8 Å². The smallest absolute Gasteiger partial charge is 0.407 e. The minimum Gasteiger partial charge on any atom is -0.481 e. The molecule has 0 radical (unpaired) electrons. The fourth-order valence-electron chi connectivity index (χ4n) is 2.76. The number of carbonyl (C=O) groups excluding carboxylic acids is 2. The number of aliphatic carboxylic acids is 1. The average molecular weight is 363 g/mol. The van der Waals surface area contributed by atoms with Crippen molar-refractivity contribution in [3.05, 3.63) is 35.9 Å². The van der Waals surface area contributed by atoms with Crippen LogP contribution in [0.2, 0.25) is 0 Å². The van der Waals surface area contributed by atoms with Gasteiger partial charge in [-0.15, -0.1) is 0 Å².